The molecule has 29 heavy (non-hydrogen) atoms. The number of benzene rings is 1. The third-order valence-electron chi connectivity index (χ3n) is 7.51. The van der Waals surface area contributed by atoms with Crippen LogP contribution in [0.4, 0.5) is 0 Å². The molecule has 154 valence electrons. The van der Waals surface area contributed by atoms with Crippen LogP contribution in [0.2, 0.25) is 0 Å². The molecule has 2 atom stereocenters. The number of carbonyl (C=O) groups is 3. The molecule has 0 aromatic heterocycles. The minimum atomic E-state index is -0.557. The van der Waals surface area contributed by atoms with E-state index >= 15 is 0 Å². The van der Waals surface area contributed by atoms with Crippen molar-refractivity contribution in [3.05, 3.63) is 34.9 Å². The van der Waals surface area contributed by atoms with Gasteiger partial charge in [-0.15, -0.1) is 0 Å². The molecule has 7 heteroatoms. The molecule has 3 N–H and O–H groups in total. The van der Waals surface area contributed by atoms with Crippen molar-refractivity contribution in [2.45, 2.75) is 51.2 Å². The zero-order valence-electron chi connectivity index (χ0n) is 16.7. The summed E-state index contributed by atoms with van der Waals surface area (Å²) in [5.41, 5.74) is 9.34. The summed E-state index contributed by atoms with van der Waals surface area (Å²) in [6.07, 6.45) is 4.59. The van der Waals surface area contributed by atoms with Gasteiger partial charge in [0.05, 0.1) is 0 Å². The highest BCUT2D eigenvalue weighted by atomic mass is 16.2. The summed E-state index contributed by atoms with van der Waals surface area (Å²) >= 11 is 0. The maximum Gasteiger partial charge on any atom is 0.255 e. The topological polar surface area (TPSA) is 95.7 Å². The van der Waals surface area contributed by atoms with E-state index in [-0.39, 0.29) is 24.1 Å². The molecule has 3 amide bonds. The van der Waals surface area contributed by atoms with Crippen molar-refractivity contribution in [1.29, 1.82) is 0 Å². The van der Waals surface area contributed by atoms with Crippen molar-refractivity contribution in [3.8, 4) is 0 Å². The van der Waals surface area contributed by atoms with Crippen molar-refractivity contribution in [3.63, 3.8) is 0 Å². The predicted octanol–water partition coefficient (Wildman–Crippen LogP) is 1.01. The SMILES string of the molecule is NCC1CN(Cc2ccc3c(c2)CN(C2CCC(=O)NC2=O)C3=O)CC12CCC2. The molecule has 3 aliphatic heterocycles. The summed E-state index contributed by atoms with van der Waals surface area (Å²) in [5, 5.41) is 2.35. The zero-order chi connectivity index (χ0) is 20.2. The lowest BCUT2D eigenvalue weighted by Crippen LogP contribution is -2.52. The van der Waals surface area contributed by atoms with Crippen LogP contribution in [0.25, 0.3) is 0 Å². The average Bonchev–Trinajstić information content (AvgIpc) is 3.20. The Balaban J connectivity index is 1.29. The quantitative estimate of drug-likeness (QED) is 0.741. The van der Waals surface area contributed by atoms with Gasteiger partial charge in [-0.2, -0.15) is 0 Å². The van der Waals surface area contributed by atoms with Crippen LogP contribution in [0.15, 0.2) is 18.2 Å². The molecule has 3 fully saturated rings. The van der Waals surface area contributed by atoms with Crippen LogP contribution < -0.4 is 11.1 Å². The van der Waals surface area contributed by atoms with E-state index in [1.807, 2.05) is 12.1 Å². The van der Waals surface area contributed by atoms with E-state index in [9.17, 15) is 14.4 Å². The smallest absolute Gasteiger partial charge is 0.255 e. The average molecular weight is 396 g/mol. The highest BCUT2D eigenvalue weighted by Gasteiger charge is 2.49. The van der Waals surface area contributed by atoms with E-state index in [0.717, 1.165) is 31.7 Å². The number of hydrogen-bond acceptors (Lipinski definition) is 5. The van der Waals surface area contributed by atoms with Gasteiger partial charge in [-0.1, -0.05) is 18.6 Å². The fraction of sp³-hybridized carbons (Fsp3) is 0.591. The summed E-state index contributed by atoms with van der Waals surface area (Å²) in [6.45, 7) is 4.24. The third-order valence-corrected chi connectivity index (χ3v) is 7.51. The Morgan fingerprint density at radius 2 is 2.03 bits per heavy atom. The highest BCUT2D eigenvalue weighted by Crippen LogP contribution is 2.51. The number of nitrogens with zero attached hydrogens (tertiary/aromatic N) is 2. The van der Waals surface area contributed by atoms with Crippen LogP contribution in [0.1, 0.15) is 53.6 Å². The van der Waals surface area contributed by atoms with E-state index in [2.05, 4.69) is 16.3 Å². The van der Waals surface area contributed by atoms with Crippen molar-refractivity contribution in [2.75, 3.05) is 19.6 Å². The number of fused-ring (bicyclic) bond motifs is 1. The number of hydrogen-bond donors (Lipinski definition) is 2. The Morgan fingerprint density at radius 3 is 2.69 bits per heavy atom. The van der Waals surface area contributed by atoms with Gasteiger partial charge >= 0.3 is 0 Å². The molecule has 4 aliphatic rings. The van der Waals surface area contributed by atoms with Crippen molar-refractivity contribution in [2.24, 2.45) is 17.1 Å². The zero-order valence-corrected chi connectivity index (χ0v) is 16.7. The molecule has 7 nitrogen and oxygen atoms in total. The predicted molar refractivity (Wildman–Crippen MR) is 107 cm³/mol. The first-order chi connectivity index (χ1) is 14.0. The monoisotopic (exact) mass is 396 g/mol. The first kappa shape index (κ1) is 18.8. The first-order valence-electron chi connectivity index (χ1n) is 10.7. The summed E-state index contributed by atoms with van der Waals surface area (Å²) in [6, 6.07) is 5.49. The lowest BCUT2D eigenvalue weighted by atomic mass is 9.63. The summed E-state index contributed by atoms with van der Waals surface area (Å²) in [5.74, 6) is -0.143. The lowest BCUT2D eigenvalue weighted by molar-refractivity contribution is -0.136. The molecule has 1 saturated carbocycles. The molecule has 1 aromatic rings. The molecule has 5 rings (SSSR count). The van der Waals surface area contributed by atoms with Crippen LogP contribution in [-0.2, 0) is 22.7 Å². The second kappa shape index (κ2) is 6.92. The number of likely N-dealkylation sites (tertiary alicyclic amines) is 1. The minimum absolute atomic E-state index is 0.112. The van der Waals surface area contributed by atoms with Crippen LogP contribution in [0, 0.1) is 11.3 Å². The Morgan fingerprint density at radius 1 is 1.21 bits per heavy atom. The molecule has 2 saturated heterocycles. The van der Waals surface area contributed by atoms with Gasteiger partial charge in [0.25, 0.3) is 5.91 Å². The third kappa shape index (κ3) is 3.07. The minimum Gasteiger partial charge on any atom is -0.330 e. The van der Waals surface area contributed by atoms with Crippen molar-refractivity contribution in [1.82, 2.24) is 15.1 Å². The maximum absolute atomic E-state index is 12.8. The number of carbonyl (C=O) groups excluding carboxylic acids is 3. The standard InChI is InChI=1S/C22H28N4O3/c23-9-16-12-25(13-22(16)6-1-7-22)10-14-2-3-17-15(8-14)11-26(21(17)29)18-4-5-19(27)24-20(18)28/h2-3,8,16,18H,1,4-7,9-13,23H2,(H,24,27,28). The summed E-state index contributed by atoms with van der Waals surface area (Å²) in [7, 11) is 0. The van der Waals surface area contributed by atoms with Gasteiger partial charge in [0.1, 0.15) is 6.04 Å². The fourth-order valence-corrected chi connectivity index (χ4v) is 5.77. The van der Waals surface area contributed by atoms with E-state index in [1.165, 1.54) is 24.8 Å². The second-order valence-corrected chi connectivity index (χ2v) is 9.21. The number of rotatable bonds is 4. The van der Waals surface area contributed by atoms with Gasteiger partial charge in [-0.25, -0.2) is 0 Å². The number of nitrogens with two attached hydrogens (primary N) is 1. The summed E-state index contributed by atoms with van der Waals surface area (Å²) in [4.78, 5) is 40.6. The Hall–Kier alpha value is -2.25. The van der Waals surface area contributed by atoms with Gasteiger partial charge in [-0.3, -0.25) is 24.6 Å². The van der Waals surface area contributed by atoms with E-state index < -0.39 is 6.04 Å². The van der Waals surface area contributed by atoms with Crippen molar-refractivity contribution >= 4 is 17.7 Å². The lowest BCUT2D eigenvalue weighted by Gasteiger charge is -2.42. The maximum atomic E-state index is 12.8. The molecule has 1 spiro atoms. The number of imide groups is 1. The van der Waals surface area contributed by atoms with E-state index in [4.69, 9.17) is 5.73 Å². The first-order valence-corrected chi connectivity index (χ1v) is 10.7. The van der Waals surface area contributed by atoms with E-state index in [0.29, 0.717) is 29.9 Å². The fourth-order valence-electron chi connectivity index (χ4n) is 5.77. The van der Waals surface area contributed by atoms with Gasteiger partial charge in [-0.05, 0) is 54.3 Å². The van der Waals surface area contributed by atoms with Crippen LogP contribution in [0.5, 0.6) is 0 Å². The molecule has 1 aliphatic carbocycles. The van der Waals surface area contributed by atoms with Gasteiger partial charge in [0.2, 0.25) is 11.8 Å². The molecule has 0 radical (unpaired) electrons. The van der Waals surface area contributed by atoms with Crippen molar-refractivity contribution < 1.29 is 14.4 Å². The highest BCUT2D eigenvalue weighted by molar-refractivity contribution is 6.05. The largest absolute Gasteiger partial charge is 0.330 e. The molecule has 1 aromatic carbocycles. The van der Waals surface area contributed by atoms with Crippen LogP contribution in [-0.4, -0.2) is 53.2 Å². The van der Waals surface area contributed by atoms with E-state index in [1.54, 1.807) is 4.90 Å². The number of nitrogens with one attached hydrogen (secondary N) is 1. The normalized spacial score (nSPS) is 28.6. The molecule has 2 unspecified atom stereocenters. The Bertz CT molecular complexity index is 879. The Labute approximate surface area is 170 Å². The summed E-state index contributed by atoms with van der Waals surface area (Å²) < 4.78 is 0. The molecule has 0 bridgehead atoms. The number of piperidine rings is 1. The van der Waals surface area contributed by atoms with Crippen LogP contribution >= 0.6 is 0 Å². The van der Waals surface area contributed by atoms with Crippen LogP contribution in [0.3, 0.4) is 0 Å². The van der Waals surface area contributed by atoms with Gasteiger partial charge in [0.15, 0.2) is 0 Å². The van der Waals surface area contributed by atoms with Gasteiger partial charge < -0.3 is 10.6 Å². The second-order valence-electron chi connectivity index (χ2n) is 9.21. The number of amides is 3. The molecular weight excluding hydrogens is 368 g/mol. The Kier molecular flexibility index (Phi) is 4.47. The molecule has 3 heterocycles. The molecular formula is C22H28N4O3. The van der Waals surface area contributed by atoms with Gasteiger partial charge in [0, 0.05) is 38.2 Å².